The van der Waals surface area contributed by atoms with Crippen LogP contribution >= 0.6 is 15.9 Å². The Morgan fingerprint density at radius 2 is 2.37 bits per heavy atom. The molecule has 0 amide bonds. The van der Waals surface area contributed by atoms with Crippen LogP contribution in [0.5, 0.6) is 11.5 Å². The summed E-state index contributed by atoms with van der Waals surface area (Å²) < 4.78 is 12.5. The highest BCUT2D eigenvalue weighted by atomic mass is 79.9. The number of fused-ring (bicyclic) bond motifs is 1. The molecular formula is C15H20BrNO2. The predicted octanol–water partition coefficient (Wildman–Crippen LogP) is 3.41. The largest absolute Gasteiger partial charge is 0.494 e. The van der Waals surface area contributed by atoms with Crippen LogP contribution in [0.4, 0.5) is 0 Å². The molecule has 0 radical (unpaired) electrons. The summed E-state index contributed by atoms with van der Waals surface area (Å²) >= 11 is 3.34. The number of nitrogens with one attached hydrogen (secondary N) is 1. The molecule has 0 saturated heterocycles. The third-order valence-electron chi connectivity index (χ3n) is 3.01. The Bertz CT molecular complexity index is 473. The van der Waals surface area contributed by atoms with Crippen LogP contribution in [-0.2, 0) is 13.0 Å². The molecule has 1 aliphatic rings. The average Bonchev–Trinajstić information content (AvgIpc) is 2.68. The second kappa shape index (κ2) is 6.44. The van der Waals surface area contributed by atoms with Crippen molar-refractivity contribution in [1.29, 1.82) is 0 Å². The Balaban J connectivity index is 2.15. The second-order valence-electron chi connectivity index (χ2n) is 4.75. The molecule has 1 aliphatic heterocycles. The molecule has 2 rings (SSSR count). The van der Waals surface area contributed by atoms with Crippen LogP contribution < -0.4 is 14.8 Å². The molecule has 0 saturated carbocycles. The Hall–Kier alpha value is -1.00. The van der Waals surface area contributed by atoms with Gasteiger partial charge in [0.15, 0.2) is 0 Å². The molecular weight excluding hydrogens is 306 g/mol. The van der Waals surface area contributed by atoms with Gasteiger partial charge in [-0.05, 0) is 26.0 Å². The molecule has 0 aromatic heterocycles. The van der Waals surface area contributed by atoms with Crippen LogP contribution in [0.2, 0.25) is 0 Å². The van der Waals surface area contributed by atoms with Crippen molar-refractivity contribution in [3.63, 3.8) is 0 Å². The summed E-state index contributed by atoms with van der Waals surface area (Å²) in [4.78, 5) is 0. The Morgan fingerprint density at radius 1 is 1.58 bits per heavy atom. The molecule has 3 nitrogen and oxygen atoms in total. The molecule has 1 N–H and O–H groups in total. The predicted molar refractivity (Wildman–Crippen MR) is 81.2 cm³/mol. The molecule has 104 valence electrons. The number of hydrogen-bond donors (Lipinski definition) is 1. The summed E-state index contributed by atoms with van der Waals surface area (Å²) in [6.07, 6.45) is 1.22. The topological polar surface area (TPSA) is 30.5 Å². The fourth-order valence-electron chi connectivity index (χ4n) is 2.24. The zero-order valence-corrected chi connectivity index (χ0v) is 13.0. The molecule has 1 heterocycles. The normalized spacial score (nSPS) is 16.9. The third kappa shape index (κ3) is 3.74. The molecule has 0 spiro atoms. The van der Waals surface area contributed by atoms with E-state index < -0.39 is 0 Å². The maximum atomic E-state index is 5.80. The van der Waals surface area contributed by atoms with Crippen molar-refractivity contribution in [2.24, 2.45) is 0 Å². The van der Waals surface area contributed by atoms with Gasteiger partial charge in [-0.25, -0.2) is 0 Å². The fraction of sp³-hybridized carbons (Fsp3) is 0.467. The summed E-state index contributed by atoms with van der Waals surface area (Å²) in [6, 6.07) is 4.20. The van der Waals surface area contributed by atoms with Gasteiger partial charge in [0, 0.05) is 35.1 Å². The lowest BCUT2D eigenvalue weighted by molar-refractivity contribution is 0.254. The standard InChI is InChI=1S/C15H20BrNO2/c1-4-18-14-6-12-5-11(3)19-15(12)7-13(14)9-17-8-10(2)16/h6-7,11,17H,2,4-5,8-9H2,1,3H3. The van der Waals surface area contributed by atoms with E-state index in [0.717, 1.165) is 41.1 Å². The molecule has 0 aliphatic carbocycles. The minimum absolute atomic E-state index is 0.259. The number of ether oxygens (including phenoxy) is 2. The van der Waals surface area contributed by atoms with Crippen molar-refractivity contribution in [1.82, 2.24) is 5.32 Å². The van der Waals surface area contributed by atoms with E-state index in [1.807, 2.05) is 6.92 Å². The zero-order chi connectivity index (χ0) is 13.8. The molecule has 0 fully saturated rings. The lowest BCUT2D eigenvalue weighted by atomic mass is 10.1. The number of halogens is 1. The summed E-state index contributed by atoms with van der Waals surface area (Å²) in [5.41, 5.74) is 2.37. The second-order valence-corrected chi connectivity index (χ2v) is 5.88. The first-order chi connectivity index (χ1) is 9.10. The van der Waals surface area contributed by atoms with E-state index in [9.17, 15) is 0 Å². The molecule has 4 heteroatoms. The summed E-state index contributed by atoms with van der Waals surface area (Å²) in [7, 11) is 0. The number of benzene rings is 1. The highest BCUT2D eigenvalue weighted by molar-refractivity contribution is 9.11. The number of rotatable bonds is 6. The van der Waals surface area contributed by atoms with Gasteiger partial charge in [-0.15, -0.1) is 0 Å². The quantitative estimate of drug-likeness (QED) is 0.869. The number of hydrogen-bond acceptors (Lipinski definition) is 3. The van der Waals surface area contributed by atoms with Gasteiger partial charge in [-0.2, -0.15) is 0 Å². The summed E-state index contributed by atoms with van der Waals surface area (Å²) in [5.74, 6) is 1.94. The van der Waals surface area contributed by atoms with E-state index in [0.29, 0.717) is 6.61 Å². The Kier molecular flexibility index (Phi) is 4.88. The van der Waals surface area contributed by atoms with E-state index in [4.69, 9.17) is 9.47 Å². The average molecular weight is 326 g/mol. The van der Waals surface area contributed by atoms with Crippen molar-refractivity contribution in [2.45, 2.75) is 32.9 Å². The van der Waals surface area contributed by atoms with Gasteiger partial charge < -0.3 is 14.8 Å². The lowest BCUT2D eigenvalue weighted by Crippen LogP contribution is -2.15. The van der Waals surface area contributed by atoms with E-state index in [-0.39, 0.29) is 6.10 Å². The maximum absolute atomic E-state index is 5.80. The van der Waals surface area contributed by atoms with Gasteiger partial charge in [-0.1, -0.05) is 22.5 Å². The molecule has 1 atom stereocenters. The first-order valence-electron chi connectivity index (χ1n) is 6.59. The van der Waals surface area contributed by atoms with Gasteiger partial charge >= 0.3 is 0 Å². The molecule has 19 heavy (non-hydrogen) atoms. The summed E-state index contributed by atoms with van der Waals surface area (Å²) in [6.45, 7) is 10.1. The van der Waals surface area contributed by atoms with Crippen molar-refractivity contribution >= 4 is 15.9 Å². The Labute approximate surface area is 123 Å². The van der Waals surface area contributed by atoms with Crippen LogP contribution in [0, 0.1) is 0 Å². The van der Waals surface area contributed by atoms with Crippen LogP contribution in [0.15, 0.2) is 23.2 Å². The van der Waals surface area contributed by atoms with Crippen LogP contribution in [0.3, 0.4) is 0 Å². The highest BCUT2D eigenvalue weighted by Crippen LogP contribution is 2.35. The minimum Gasteiger partial charge on any atom is -0.494 e. The molecule has 1 aromatic rings. The third-order valence-corrected chi connectivity index (χ3v) is 3.29. The van der Waals surface area contributed by atoms with Gasteiger partial charge in [0.05, 0.1) is 6.61 Å². The zero-order valence-electron chi connectivity index (χ0n) is 11.5. The Morgan fingerprint density at radius 3 is 3.05 bits per heavy atom. The maximum Gasteiger partial charge on any atom is 0.124 e. The molecule has 1 unspecified atom stereocenters. The first kappa shape index (κ1) is 14.4. The van der Waals surface area contributed by atoms with Crippen molar-refractivity contribution in [3.05, 3.63) is 34.3 Å². The summed E-state index contributed by atoms with van der Waals surface area (Å²) in [5, 5.41) is 3.32. The van der Waals surface area contributed by atoms with Crippen LogP contribution in [0.25, 0.3) is 0 Å². The van der Waals surface area contributed by atoms with E-state index >= 15 is 0 Å². The van der Waals surface area contributed by atoms with Gasteiger partial charge in [-0.3, -0.25) is 0 Å². The van der Waals surface area contributed by atoms with Crippen LogP contribution in [0.1, 0.15) is 25.0 Å². The van der Waals surface area contributed by atoms with Crippen molar-refractivity contribution in [3.8, 4) is 11.5 Å². The van der Waals surface area contributed by atoms with Crippen LogP contribution in [-0.4, -0.2) is 19.3 Å². The smallest absolute Gasteiger partial charge is 0.124 e. The molecule has 1 aromatic carbocycles. The SMILES string of the molecule is C=C(Br)CNCc1cc2c(cc1OCC)CC(C)O2. The fourth-order valence-corrected chi connectivity index (χ4v) is 2.44. The monoisotopic (exact) mass is 325 g/mol. The highest BCUT2D eigenvalue weighted by Gasteiger charge is 2.21. The lowest BCUT2D eigenvalue weighted by Gasteiger charge is -2.13. The minimum atomic E-state index is 0.259. The van der Waals surface area contributed by atoms with Crippen molar-refractivity contribution in [2.75, 3.05) is 13.2 Å². The van der Waals surface area contributed by atoms with Crippen molar-refractivity contribution < 1.29 is 9.47 Å². The van der Waals surface area contributed by atoms with E-state index in [1.54, 1.807) is 0 Å². The van der Waals surface area contributed by atoms with E-state index in [1.165, 1.54) is 5.56 Å². The first-order valence-corrected chi connectivity index (χ1v) is 7.38. The van der Waals surface area contributed by atoms with Gasteiger partial charge in [0.2, 0.25) is 0 Å². The molecule has 0 bridgehead atoms. The van der Waals surface area contributed by atoms with E-state index in [2.05, 4.69) is 46.9 Å². The van der Waals surface area contributed by atoms with Gasteiger partial charge in [0.25, 0.3) is 0 Å². The van der Waals surface area contributed by atoms with Gasteiger partial charge in [0.1, 0.15) is 17.6 Å².